The average Bonchev–Trinajstić information content (AvgIpc) is 2.98. The predicted octanol–water partition coefficient (Wildman–Crippen LogP) is 1.41. The van der Waals surface area contributed by atoms with Gasteiger partial charge in [0, 0.05) is 18.8 Å². The molecule has 0 aromatic carbocycles. The van der Waals surface area contributed by atoms with Crippen LogP contribution in [0.15, 0.2) is 10.9 Å². The summed E-state index contributed by atoms with van der Waals surface area (Å²) in [5.41, 5.74) is 2.04. The maximum absolute atomic E-state index is 12.2. The van der Waals surface area contributed by atoms with Crippen molar-refractivity contribution in [3.8, 4) is 0 Å². The van der Waals surface area contributed by atoms with E-state index in [4.69, 9.17) is 4.74 Å². The Hall–Kier alpha value is -1.62. The number of fused-ring (bicyclic) bond motifs is 1. The van der Waals surface area contributed by atoms with Gasteiger partial charge in [-0.05, 0) is 49.7 Å². The number of aromatic nitrogens is 1. The van der Waals surface area contributed by atoms with Crippen molar-refractivity contribution in [3.63, 3.8) is 0 Å². The lowest BCUT2D eigenvalue weighted by molar-refractivity contribution is 0.0856. The van der Waals surface area contributed by atoms with Crippen LogP contribution in [-0.4, -0.2) is 30.1 Å². The van der Waals surface area contributed by atoms with Gasteiger partial charge in [0.1, 0.15) is 5.56 Å². The number of ether oxygens (including phenoxy) is 1. The summed E-state index contributed by atoms with van der Waals surface area (Å²) in [6.07, 6.45) is 5.01. The topological polar surface area (TPSA) is 71.2 Å². The lowest BCUT2D eigenvalue weighted by Gasteiger charge is -2.21. The molecule has 0 saturated carbocycles. The number of amides is 1. The quantitative estimate of drug-likeness (QED) is 0.884. The number of carbonyl (C=O) groups is 1. The molecule has 1 aliphatic carbocycles. The molecule has 1 aromatic heterocycles. The van der Waals surface area contributed by atoms with E-state index in [0.717, 1.165) is 50.0 Å². The third-order valence-electron chi connectivity index (χ3n) is 4.43. The highest BCUT2D eigenvalue weighted by Gasteiger charge is 2.21. The van der Waals surface area contributed by atoms with Gasteiger partial charge in [-0.2, -0.15) is 0 Å². The largest absolute Gasteiger partial charge is 0.376 e. The summed E-state index contributed by atoms with van der Waals surface area (Å²) in [7, 11) is 0. The zero-order chi connectivity index (χ0) is 14.8. The SMILES string of the molecule is C[C@H]1CCc2[nH]c(=O)c(C(=O)NC[C@H]3CCCO3)cc2C1. The maximum atomic E-state index is 12.2. The molecular formula is C16H22N2O3. The van der Waals surface area contributed by atoms with Crippen molar-refractivity contribution in [1.82, 2.24) is 10.3 Å². The molecule has 21 heavy (non-hydrogen) atoms. The molecular weight excluding hydrogens is 268 g/mol. The van der Waals surface area contributed by atoms with Crippen LogP contribution < -0.4 is 10.9 Å². The Morgan fingerprint density at radius 2 is 2.33 bits per heavy atom. The van der Waals surface area contributed by atoms with Crippen molar-refractivity contribution >= 4 is 5.91 Å². The summed E-state index contributed by atoms with van der Waals surface area (Å²) in [5.74, 6) is 0.305. The number of aromatic amines is 1. The average molecular weight is 290 g/mol. The van der Waals surface area contributed by atoms with Crippen molar-refractivity contribution in [1.29, 1.82) is 0 Å². The molecule has 5 nitrogen and oxygen atoms in total. The van der Waals surface area contributed by atoms with Crippen LogP contribution in [0, 0.1) is 5.92 Å². The number of pyridine rings is 1. The number of hydrogen-bond donors (Lipinski definition) is 2. The number of aryl methyl sites for hydroxylation is 1. The second-order valence-electron chi connectivity index (χ2n) is 6.21. The molecule has 2 heterocycles. The Labute approximate surface area is 124 Å². The molecule has 5 heteroatoms. The van der Waals surface area contributed by atoms with Crippen molar-refractivity contribution in [2.75, 3.05) is 13.2 Å². The first-order valence-electron chi connectivity index (χ1n) is 7.78. The van der Waals surface area contributed by atoms with E-state index in [1.165, 1.54) is 0 Å². The smallest absolute Gasteiger partial charge is 0.261 e. The fourth-order valence-electron chi connectivity index (χ4n) is 3.16. The molecule has 0 bridgehead atoms. The number of hydrogen-bond acceptors (Lipinski definition) is 3. The van der Waals surface area contributed by atoms with Crippen LogP contribution >= 0.6 is 0 Å². The van der Waals surface area contributed by atoms with Crippen LogP contribution in [0.4, 0.5) is 0 Å². The Bertz CT molecular complexity index is 588. The van der Waals surface area contributed by atoms with Gasteiger partial charge in [0.2, 0.25) is 0 Å². The molecule has 1 amide bonds. The van der Waals surface area contributed by atoms with Crippen LogP contribution in [0.2, 0.25) is 0 Å². The molecule has 0 spiro atoms. The highest BCUT2D eigenvalue weighted by atomic mass is 16.5. The van der Waals surface area contributed by atoms with E-state index in [0.29, 0.717) is 12.5 Å². The monoisotopic (exact) mass is 290 g/mol. The Morgan fingerprint density at radius 1 is 1.48 bits per heavy atom. The van der Waals surface area contributed by atoms with Gasteiger partial charge in [0.25, 0.3) is 11.5 Å². The van der Waals surface area contributed by atoms with Crippen LogP contribution in [0.25, 0.3) is 0 Å². The standard InChI is InChI=1S/C16H22N2O3/c1-10-4-5-14-11(7-10)8-13(16(20)18-14)15(19)17-9-12-3-2-6-21-12/h8,10,12H,2-7,9H2,1H3,(H,17,19)(H,18,20)/t10-,12+/m0/s1. The van der Waals surface area contributed by atoms with Crippen LogP contribution in [0.1, 0.15) is 47.8 Å². The van der Waals surface area contributed by atoms with Gasteiger partial charge in [-0.25, -0.2) is 0 Å². The molecule has 114 valence electrons. The van der Waals surface area contributed by atoms with E-state index in [1.807, 2.05) is 0 Å². The van der Waals surface area contributed by atoms with Crippen molar-refractivity contribution in [2.45, 2.75) is 45.1 Å². The molecule has 0 radical (unpaired) electrons. The number of carbonyl (C=O) groups excluding carboxylic acids is 1. The van der Waals surface area contributed by atoms with Gasteiger partial charge in [0.05, 0.1) is 6.10 Å². The summed E-state index contributed by atoms with van der Waals surface area (Å²) in [5, 5.41) is 2.82. The fourth-order valence-corrected chi connectivity index (χ4v) is 3.16. The van der Waals surface area contributed by atoms with Crippen molar-refractivity contribution in [2.24, 2.45) is 5.92 Å². The Morgan fingerprint density at radius 3 is 3.10 bits per heavy atom. The molecule has 2 aliphatic rings. The molecule has 1 aromatic rings. The lowest BCUT2D eigenvalue weighted by Crippen LogP contribution is -2.35. The minimum absolute atomic E-state index is 0.0886. The van der Waals surface area contributed by atoms with E-state index in [9.17, 15) is 9.59 Å². The van der Waals surface area contributed by atoms with Gasteiger partial charge in [-0.1, -0.05) is 6.92 Å². The maximum Gasteiger partial charge on any atom is 0.261 e. The zero-order valence-electron chi connectivity index (χ0n) is 12.4. The molecule has 1 saturated heterocycles. The van der Waals surface area contributed by atoms with E-state index < -0.39 is 0 Å². The summed E-state index contributed by atoms with van der Waals surface area (Å²) >= 11 is 0. The zero-order valence-corrected chi connectivity index (χ0v) is 12.4. The van der Waals surface area contributed by atoms with Crippen molar-refractivity contribution < 1.29 is 9.53 Å². The number of H-pyrrole nitrogens is 1. The third kappa shape index (κ3) is 3.18. The van der Waals surface area contributed by atoms with Crippen LogP contribution in [0.5, 0.6) is 0 Å². The Balaban J connectivity index is 1.73. The molecule has 2 atom stereocenters. The van der Waals surface area contributed by atoms with E-state index in [1.54, 1.807) is 6.07 Å². The fraction of sp³-hybridized carbons (Fsp3) is 0.625. The number of rotatable bonds is 3. The molecule has 2 N–H and O–H groups in total. The summed E-state index contributed by atoms with van der Waals surface area (Å²) in [6.45, 7) is 3.44. The Kier molecular flexibility index (Phi) is 4.10. The first-order chi connectivity index (χ1) is 10.1. The first kappa shape index (κ1) is 14.3. The first-order valence-corrected chi connectivity index (χ1v) is 7.78. The summed E-state index contributed by atoms with van der Waals surface area (Å²) in [4.78, 5) is 27.1. The van der Waals surface area contributed by atoms with E-state index in [-0.39, 0.29) is 23.1 Å². The van der Waals surface area contributed by atoms with E-state index >= 15 is 0 Å². The summed E-state index contributed by atoms with van der Waals surface area (Å²) in [6, 6.07) is 1.77. The second-order valence-corrected chi connectivity index (χ2v) is 6.21. The summed E-state index contributed by atoms with van der Waals surface area (Å²) < 4.78 is 5.47. The van der Waals surface area contributed by atoms with E-state index in [2.05, 4.69) is 17.2 Å². The van der Waals surface area contributed by atoms with Crippen molar-refractivity contribution in [3.05, 3.63) is 33.2 Å². The molecule has 1 fully saturated rings. The van der Waals surface area contributed by atoms with Gasteiger partial charge < -0.3 is 15.0 Å². The van der Waals surface area contributed by atoms with Crippen LogP contribution in [0.3, 0.4) is 0 Å². The van der Waals surface area contributed by atoms with Gasteiger partial charge >= 0.3 is 0 Å². The second kappa shape index (κ2) is 6.02. The highest BCUT2D eigenvalue weighted by molar-refractivity contribution is 5.94. The van der Waals surface area contributed by atoms with Gasteiger partial charge in [-0.3, -0.25) is 9.59 Å². The minimum atomic E-state index is -0.298. The molecule has 0 unspecified atom stereocenters. The minimum Gasteiger partial charge on any atom is -0.376 e. The molecule has 1 aliphatic heterocycles. The van der Waals surface area contributed by atoms with Gasteiger partial charge in [0.15, 0.2) is 0 Å². The lowest BCUT2D eigenvalue weighted by atomic mass is 9.87. The third-order valence-corrected chi connectivity index (χ3v) is 4.43. The highest BCUT2D eigenvalue weighted by Crippen LogP contribution is 2.23. The predicted molar refractivity (Wildman–Crippen MR) is 79.6 cm³/mol. The van der Waals surface area contributed by atoms with Gasteiger partial charge in [-0.15, -0.1) is 0 Å². The normalized spacial score (nSPS) is 24.6. The number of nitrogens with one attached hydrogen (secondary N) is 2. The van der Waals surface area contributed by atoms with Crippen LogP contribution in [-0.2, 0) is 17.6 Å². The molecule has 3 rings (SSSR count).